The monoisotopic (exact) mass is 1010 g/mol. The molecule has 0 aliphatic heterocycles. The Morgan fingerprint density at radius 1 is 0.375 bits per heavy atom. The van der Waals surface area contributed by atoms with E-state index in [2.05, 4.69) is 43.5 Å². The number of hydrogen-bond donors (Lipinski definition) is 3. The van der Waals surface area contributed by atoms with E-state index in [1.54, 1.807) is 6.08 Å². The maximum atomic E-state index is 12.5. The van der Waals surface area contributed by atoms with E-state index >= 15 is 0 Å². The Morgan fingerprint density at radius 2 is 0.653 bits per heavy atom. The average molecular weight is 1010 g/mol. The van der Waals surface area contributed by atoms with Crippen molar-refractivity contribution in [3.05, 3.63) is 36.5 Å². The maximum Gasteiger partial charge on any atom is 0.305 e. The first-order chi connectivity index (χ1) is 35.5. The van der Waals surface area contributed by atoms with Gasteiger partial charge >= 0.3 is 5.97 Å². The third-order valence-corrected chi connectivity index (χ3v) is 14.9. The topological polar surface area (TPSA) is 95.9 Å². The fourth-order valence-corrected chi connectivity index (χ4v) is 9.92. The van der Waals surface area contributed by atoms with Gasteiger partial charge in [0.2, 0.25) is 5.91 Å². The summed E-state index contributed by atoms with van der Waals surface area (Å²) in [6.45, 7) is 4.90. The summed E-state index contributed by atoms with van der Waals surface area (Å²) >= 11 is 0. The van der Waals surface area contributed by atoms with Gasteiger partial charge in [0, 0.05) is 12.8 Å². The van der Waals surface area contributed by atoms with E-state index in [1.165, 1.54) is 257 Å². The van der Waals surface area contributed by atoms with Crippen LogP contribution >= 0.6 is 0 Å². The van der Waals surface area contributed by atoms with Crippen LogP contribution in [0.3, 0.4) is 0 Å². The Hall–Kier alpha value is -1.92. The molecule has 0 aliphatic carbocycles. The van der Waals surface area contributed by atoms with E-state index in [9.17, 15) is 19.8 Å². The molecule has 2 unspecified atom stereocenters. The van der Waals surface area contributed by atoms with Crippen LogP contribution in [0.4, 0.5) is 0 Å². The third kappa shape index (κ3) is 57.4. The van der Waals surface area contributed by atoms with Crippen LogP contribution in [-0.4, -0.2) is 47.4 Å². The summed E-state index contributed by atoms with van der Waals surface area (Å²) in [7, 11) is 0. The SMILES string of the molecule is CCCCCCCCC/C=C\CCCCCCCC(=O)OCCCCCCCCCCC/C=C\CCCCCCCC(=O)NC(CO)C(O)/C=C/CCCCCCCCCCCCCCCCCCCCC. The van der Waals surface area contributed by atoms with Crippen LogP contribution in [0.25, 0.3) is 0 Å². The van der Waals surface area contributed by atoms with Crippen LogP contribution in [0.5, 0.6) is 0 Å². The van der Waals surface area contributed by atoms with Gasteiger partial charge in [0.25, 0.3) is 0 Å². The van der Waals surface area contributed by atoms with E-state index in [0.29, 0.717) is 19.4 Å². The molecule has 0 heterocycles. The molecular weight excluding hydrogens is 887 g/mol. The second-order valence-electron chi connectivity index (χ2n) is 22.1. The first-order valence-corrected chi connectivity index (χ1v) is 32.3. The Kier molecular flexibility index (Phi) is 60.0. The summed E-state index contributed by atoms with van der Waals surface area (Å²) in [5, 5.41) is 23.2. The molecule has 72 heavy (non-hydrogen) atoms. The van der Waals surface area contributed by atoms with Gasteiger partial charge in [-0.25, -0.2) is 0 Å². The minimum absolute atomic E-state index is 0.00490. The minimum Gasteiger partial charge on any atom is -0.466 e. The summed E-state index contributed by atoms with van der Waals surface area (Å²) in [6.07, 6.45) is 77.6. The summed E-state index contributed by atoms with van der Waals surface area (Å²) in [4.78, 5) is 24.6. The molecule has 0 aliphatic rings. The zero-order chi connectivity index (χ0) is 52.2. The number of ether oxygens (including phenoxy) is 1. The van der Waals surface area contributed by atoms with Crippen LogP contribution in [0.1, 0.15) is 348 Å². The number of aliphatic hydroxyl groups is 2. The maximum absolute atomic E-state index is 12.5. The highest BCUT2D eigenvalue weighted by atomic mass is 16.5. The molecule has 6 heteroatoms. The Labute approximate surface area is 449 Å². The Morgan fingerprint density at radius 3 is 0.986 bits per heavy atom. The van der Waals surface area contributed by atoms with Gasteiger partial charge in [-0.3, -0.25) is 9.59 Å². The van der Waals surface area contributed by atoms with Gasteiger partial charge in [0.15, 0.2) is 0 Å². The van der Waals surface area contributed by atoms with Crippen LogP contribution in [0.15, 0.2) is 36.5 Å². The Balaban J connectivity index is 3.48. The zero-order valence-electron chi connectivity index (χ0n) is 48.4. The lowest BCUT2D eigenvalue weighted by atomic mass is 10.0. The minimum atomic E-state index is -0.855. The molecule has 0 spiro atoms. The fourth-order valence-electron chi connectivity index (χ4n) is 9.92. The highest BCUT2D eigenvalue weighted by molar-refractivity contribution is 5.76. The van der Waals surface area contributed by atoms with Gasteiger partial charge < -0.3 is 20.3 Å². The van der Waals surface area contributed by atoms with Gasteiger partial charge in [0.1, 0.15) is 0 Å². The van der Waals surface area contributed by atoms with Gasteiger partial charge in [-0.15, -0.1) is 0 Å². The number of carbonyl (C=O) groups excluding carboxylic acids is 2. The lowest BCUT2D eigenvalue weighted by Crippen LogP contribution is -2.45. The molecule has 0 saturated carbocycles. The standard InChI is InChI=1S/C66H125NO5/c1-3-5-7-9-11-13-15-17-19-21-22-23-24-27-30-34-38-42-46-50-54-58-64(69)63(62-68)67-65(70)59-55-51-47-43-39-35-31-28-25-26-29-33-37-41-45-49-53-57-61-72-66(71)60-56-52-48-44-40-36-32-20-18-16-14-12-10-8-6-4-2/h20,28,31-32,54,58,63-64,68-69H,3-19,21-27,29-30,33-53,55-57,59-62H2,1-2H3,(H,67,70)/b31-28-,32-20-,58-54+. The van der Waals surface area contributed by atoms with Crippen molar-refractivity contribution >= 4 is 11.9 Å². The number of carbonyl (C=O) groups is 2. The van der Waals surface area contributed by atoms with Crippen molar-refractivity contribution < 1.29 is 24.5 Å². The van der Waals surface area contributed by atoms with Crippen molar-refractivity contribution in [2.24, 2.45) is 0 Å². The first kappa shape index (κ1) is 70.1. The molecule has 6 nitrogen and oxygen atoms in total. The predicted molar refractivity (Wildman–Crippen MR) is 315 cm³/mol. The largest absolute Gasteiger partial charge is 0.466 e. The molecule has 0 rings (SSSR count). The summed E-state index contributed by atoms with van der Waals surface area (Å²) in [5.41, 5.74) is 0. The van der Waals surface area contributed by atoms with Crippen molar-refractivity contribution in [3.63, 3.8) is 0 Å². The lowest BCUT2D eigenvalue weighted by Gasteiger charge is -2.20. The predicted octanol–water partition coefficient (Wildman–Crippen LogP) is 20.4. The highest BCUT2D eigenvalue weighted by Gasteiger charge is 2.18. The number of esters is 1. The molecule has 2 atom stereocenters. The van der Waals surface area contributed by atoms with E-state index in [1.807, 2.05) is 6.08 Å². The molecule has 0 aromatic carbocycles. The lowest BCUT2D eigenvalue weighted by molar-refractivity contribution is -0.143. The van der Waals surface area contributed by atoms with E-state index in [0.717, 1.165) is 64.2 Å². The number of allylic oxidation sites excluding steroid dienone is 5. The smallest absolute Gasteiger partial charge is 0.305 e. The molecule has 0 bridgehead atoms. The quantitative estimate of drug-likeness (QED) is 0.0320. The number of unbranched alkanes of at least 4 members (excludes halogenated alkanes) is 45. The van der Waals surface area contributed by atoms with Crippen molar-refractivity contribution in [2.75, 3.05) is 13.2 Å². The third-order valence-electron chi connectivity index (χ3n) is 14.9. The van der Waals surface area contributed by atoms with E-state index in [4.69, 9.17) is 4.74 Å². The van der Waals surface area contributed by atoms with Crippen LogP contribution in [0.2, 0.25) is 0 Å². The summed E-state index contributed by atoms with van der Waals surface area (Å²) < 4.78 is 5.48. The number of hydrogen-bond acceptors (Lipinski definition) is 5. The second-order valence-corrected chi connectivity index (χ2v) is 22.1. The van der Waals surface area contributed by atoms with Crippen LogP contribution < -0.4 is 5.32 Å². The second kappa shape index (κ2) is 61.6. The van der Waals surface area contributed by atoms with Gasteiger partial charge in [-0.2, -0.15) is 0 Å². The fraction of sp³-hybridized carbons (Fsp3) is 0.879. The zero-order valence-corrected chi connectivity index (χ0v) is 48.4. The van der Waals surface area contributed by atoms with Crippen molar-refractivity contribution in [1.82, 2.24) is 5.32 Å². The van der Waals surface area contributed by atoms with Gasteiger partial charge in [-0.05, 0) is 83.5 Å². The highest BCUT2D eigenvalue weighted by Crippen LogP contribution is 2.17. The molecule has 0 radical (unpaired) electrons. The number of rotatable bonds is 60. The molecule has 0 aromatic rings. The van der Waals surface area contributed by atoms with Gasteiger partial charge in [0.05, 0.1) is 25.4 Å². The normalized spacial score (nSPS) is 12.8. The van der Waals surface area contributed by atoms with Gasteiger partial charge in [-0.1, -0.05) is 288 Å². The summed E-state index contributed by atoms with van der Waals surface area (Å²) in [6, 6.07) is -0.639. The van der Waals surface area contributed by atoms with Crippen molar-refractivity contribution in [1.29, 1.82) is 0 Å². The molecule has 0 aromatic heterocycles. The van der Waals surface area contributed by atoms with Crippen molar-refractivity contribution in [2.45, 2.75) is 360 Å². The van der Waals surface area contributed by atoms with Crippen LogP contribution in [-0.2, 0) is 14.3 Å². The van der Waals surface area contributed by atoms with Crippen molar-refractivity contribution in [3.8, 4) is 0 Å². The number of nitrogens with one attached hydrogen (secondary N) is 1. The van der Waals surface area contributed by atoms with Crippen LogP contribution in [0, 0.1) is 0 Å². The molecule has 424 valence electrons. The summed E-state index contributed by atoms with van der Waals surface area (Å²) in [5.74, 6) is -0.0847. The molecule has 0 saturated heterocycles. The molecule has 0 fully saturated rings. The first-order valence-electron chi connectivity index (χ1n) is 32.3. The number of aliphatic hydroxyl groups excluding tert-OH is 2. The average Bonchev–Trinajstić information content (AvgIpc) is 3.38. The molecular formula is C66H125NO5. The number of amides is 1. The Bertz CT molecular complexity index is 1170. The molecule has 3 N–H and O–H groups in total. The molecule has 1 amide bonds. The van der Waals surface area contributed by atoms with E-state index in [-0.39, 0.29) is 18.5 Å². The van der Waals surface area contributed by atoms with E-state index < -0.39 is 12.1 Å².